The highest BCUT2D eigenvalue weighted by Gasteiger charge is 2.28. The van der Waals surface area contributed by atoms with Crippen LogP contribution in [0.5, 0.6) is 0 Å². The number of benzene rings is 1. The Morgan fingerprint density at radius 1 is 1.40 bits per heavy atom. The molecule has 5 nitrogen and oxygen atoms in total. The van der Waals surface area contributed by atoms with E-state index >= 15 is 0 Å². The lowest BCUT2D eigenvalue weighted by Crippen LogP contribution is -2.28. The molecule has 1 saturated carbocycles. The van der Waals surface area contributed by atoms with Crippen LogP contribution in [0.4, 0.5) is 10.1 Å². The van der Waals surface area contributed by atoms with Gasteiger partial charge in [-0.05, 0) is 37.3 Å². The SMILES string of the molecule is CC1CCCCC1OC(=O)c1cc(F)ccc1[N+](=O)[O-]. The molecule has 1 aromatic carbocycles. The van der Waals surface area contributed by atoms with E-state index in [4.69, 9.17) is 4.74 Å². The van der Waals surface area contributed by atoms with Crippen LogP contribution in [0.15, 0.2) is 18.2 Å². The van der Waals surface area contributed by atoms with Crippen molar-refractivity contribution in [2.45, 2.75) is 38.7 Å². The smallest absolute Gasteiger partial charge is 0.345 e. The molecule has 0 radical (unpaired) electrons. The first-order valence-corrected chi connectivity index (χ1v) is 6.64. The first-order chi connectivity index (χ1) is 9.49. The third kappa shape index (κ3) is 3.12. The Labute approximate surface area is 115 Å². The van der Waals surface area contributed by atoms with Crippen molar-refractivity contribution in [3.05, 3.63) is 39.7 Å². The van der Waals surface area contributed by atoms with Crippen molar-refractivity contribution in [3.63, 3.8) is 0 Å². The van der Waals surface area contributed by atoms with Gasteiger partial charge in [-0.2, -0.15) is 0 Å². The van der Waals surface area contributed by atoms with Gasteiger partial charge in [0.25, 0.3) is 5.69 Å². The summed E-state index contributed by atoms with van der Waals surface area (Å²) in [6, 6.07) is 2.79. The van der Waals surface area contributed by atoms with Gasteiger partial charge in [-0.25, -0.2) is 9.18 Å². The molecule has 0 heterocycles. The van der Waals surface area contributed by atoms with Crippen molar-refractivity contribution in [2.24, 2.45) is 5.92 Å². The third-order valence-electron chi connectivity index (χ3n) is 3.67. The second-order valence-electron chi connectivity index (χ2n) is 5.12. The minimum Gasteiger partial charge on any atom is -0.458 e. The fourth-order valence-electron chi connectivity index (χ4n) is 2.49. The average Bonchev–Trinajstić information content (AvgIpc) is 2.40. The Hall–Kier alpha value is -1.98. The number of halogens is 1. The van der Waals surface area contributed by atoms with Gasteiger partial charge in [0.05, 0.1) is 4.92 Å². The Morgan fingerprint density at radius 3 is 2.75 bits per heavy atom. The van der Waals surface area contributed by atoms with Gasteiger partial charge in [0.2, 0.25) is 0 Å². The molecular formula is C14H16FNO4. The molecule has 0 amide bonds. The number of rotatable bonds is 3. The van der Waals surface area contributed by atoms with Crippen LogP contribution in [0.3, 0.4) is 0 Å². The van der Waals surface area contributed by atoms with E-state index in [0.29, 0.717) is 0 Å². The predicted molar refractivity (Wildman–Crippen MR) is 69.9 cm³/mol. The summed E-state index contributed by atoms with van der Waals surface area (Å²) in [5.41, 5.74) is -0.757. The molecule has 1 aliphatic carbocycles. The molecule has 20 heavy (non-hydrogen) atoms. The summed E-state index contributed by atoms with van der Waals surface area (Å²) in [5.74, 6) is -1.30. The Bertz CT molecular complexity index is 532. The molecule has 0 aromatic heterocycles. The van der Waals surface area contributed by atoms with Crippen molar-refractivity contribution in [2.75, 3.05) is 0 Å². The van der Waals surface area contributed by atoms with Gasteiger partial charge in [-0.1, -0.05) is 13.3 Å². The summed E-state index contributed by atoms with van der Waals surface area (Å²) >= 11 is 0. The van der Waals surface area contributed by atoms with Crippen LogP contribution >= 0.6 is 0 Å². The van der Waals surface area contributed by atoms with Gasteiger partial charge in [0.15, 0.2) is 0 Å². The number of hydrogen-bond acceptors (Lipinski definition) is 4. The molecule has 6 heteroatoms. The van der Waals surface area contributed by atoms with E-state index in [0.717, 1.165) is 43.9 Å². The highest BCUT2D eigenvalue weighted by Crippen LogP contribution is 2.28. The molecular weight excluding hydrogens is 265 g/mol. The topological polar surface area (TPSA) is 69.4 Å². The van der Waals surface area contributed by atoms with E-state index in [1.807, 2.05) is 6.92 Å². The Balaban J connectivity index is 2.20. The third-order valence-corrected chi connectivity index (χ3v) is 3.67. The van der Waals surface area contributed by atoms with Crippen molar-refractivity contribution >= 4 is 11.7 Å². The number of nitrogens with zero attached hydrogens (tertiary/aromatic N) is 1. The molecule has 2 unspecified atom stereocenters. The van der Waals surface area contributed by atoms with E-state index in [2.05, 4.69) is 0 Å². The lowest BCUT2D eigenvalue weighted by molar-refractivity contribution is -0.385. The summed E-state index contributed by atoms with van der Waals surface area (Å²) in [4.78, 5) is 22.2. The number of ether oxygens (including phenoxy) is 1. The van der Waals surface area contributed by atoms with E-state index in [1.54, 1.807) is 0 Å². The van der Waals surface area contributed by atoms with Gasteiger partial charge >= 0.3 is 5.97 Å². The Morgan fingerprint density at radius 2 is 2.10 bits per heavy atom. The minimum absolute atomic E-state index is 0.223. The maximum Gasteiger partial charge on any atom is 0.345 e. The second kappa shape index (κ2) is 5.98. The zero-order chi connectivity index (χ0) is 14.7. The summed E-state index contributed by atoms with van der Waals surface area (Å²) < 4.78 is 18.5. The van der Waals surface area contributed by atoms with Crippen LogP contribution in [0.2, 0.25) is 0 Å². The molecule has 1 aliphatic rings. The highest BCUT2D eigenvalue weighted by molar-refractivity contribution is 5.94. The molecule has 0 bridgehead atoms. The number of nitro benzene ring substituents is 1. The normalized spacial score (nSPS) is 22.3. The molecule has 0 N–H and O–H groups in total. The molecule has 108 valence electrons. The van der Waals surface area contributed by atoms with Crippen LogP contribution in [-0.4, -0.2) is 17.0 Å². The number of esters is 1. The number of carbonyl (C=O) groups excluding carboxylic acids is 1. The molecule has 0 aliphatic heterocycles. The van der Waals surface area contributed by atoms with Gasteiger partial charge < -0.3 is 4.74 Å². The maximum atomic E-state index is 13.2. The quantitative estimate of drug-likeness (QED) is 0.483. The van der Waals surface area contributed by atoms with Gasteiger partial charge in [0, 0.05) is 6.07 Å². The maximum absolute atomic E-state index is 13.2. The predicted octanol–water partition coefficient (Wildman–Crippen LogP) is 3.47. The van der Waals surface area contributed by atoms with Crippen molar-refractivity contribution in [1.29, 1.82) is 0 Å². The van der Waals surface area contributed by atoms with E-state index in [-0.39, 0.29) is 17.6 Å². The number of carbonyl (C=O) groups is 1. The standard InChI is InChI=1S/C14H16FNO4/c1-9-4-2-3-5-13(9)20-14(17)11-8-10(15)6-7-12(11)16(18)19/h6-9,13H,2-5H2,1H3. The average molecular weight is 281 g/mol. The summed E-state index contributed by atoms with van der Waals surface area (Å²) in [7, 11) is 0. The van der Waals surface area contributed by atoms with Crippen molar-refractivity contribution < 1.29 is 18.8 Å². The molecule has 0 saturated heterocycles. The Kier molecular flexibility index (Phi) is 4.32. The van der Waals surface area contributed by atoms with Crippen molar-refractivity contribution in [3.8, 4) is 0 Å². The van der Waals surface area contributed by atoms with Crippen LogP contribution in [-0.2, 0) is 4.74 Å². The highest BCUT2D eigenvalue weighted by atomic mass is 19.1. The van der Waals surface area contributed by atoms with Crippen molar-refractivity contribution in [1.82, 2.24) is 0 Å². The van der Waals surface area contributed by atoms with Crippen LogP contribution in [0.25, 0.3) is 0 Å². The van der Waals surface area contributed by atoms with Crippen LogP contribution in [0.1, 0.15) is 43.0 Å². The summed E-state index contributed by atoms with van der Waals surface area (Å²) in [6.45, 7) is 1.98. The zero-order valence-corrected chi connectivity index (χ0v) is 11.2. The first-order valence-electron chi connectivity index (χ1n) is 6.64. The largest absolute Gasteiger partial charge is 0.458 e. The lowest BCUT2D eigenvalue weighted by atomic mass is 9.88. The molecule has 1 fully saturated rings. The van der Waals surface area contributed by atoms with E-state index in [9.17, 15) is 19.3 Å². The van der Waals surface area contributed by atoms with Crippen LogP contribution < -0.4 is 0 Å². The first kappa shape index (κ1) is 14.4. The second-order valence-corrected chi connectivity index (χ2v) is 5.12. The zero-order valence-electron chi connectivity index (χ0n) is 11.2. The summed E-state index contributed by atoms with van der Waals surface area (Å²) in [5, 5.41) is 10.9. The fraction of sp³-hybridized carbons (Fsp3) is 0.500. The lowest BCUT2D eigenvalue weighted by Gasteiger charge is -2.28. The molecule has 0 spiro atoms. The summed E-state index contributed by atoms with van der Waals surface area (Å²) in [6.07, 6.45) is 3.52. The number of hydrogen-bond donors (Lipinski definition) is 0. The fourth-order valence-corrected chi connectivity index (χ4v) is 2.49. The monoisotopic (exact) mass is 281 g/mol. The van der Waals surface area contributed by atoms with Gasteiger partial charge in [-0.3, -0.25) is 10.1 Å². The number of nitro groups is 1. The van der Waals surface area contributed by atoms with E-state index in [1.165, 1.54) is 0 Å². The van der Waals surface area contributed by atoms with E-state index < -0.39 is 22.4 Å². The molecule has 1 aromatic rings. The van der Waals surface area contributed by atoms with Gasteiger partial charge in [-0.15, -0.1) is 0 Å². The minimum atomic E-state index is -0.824. The molecule has 2 rings (SSSR count). The van der Waals surface area contributed by atoms with Gasteiger partial charge in [0.1, 0.15) is 17.5 Å². The van der Waals surface area contributed by atoms with Crippen LogP contribution in [0, 0.1) is 21.8 Å². The molecule has 2 atom stereocenters.